The van der Waals surface area contributed by atoms with Gasteiger partial charge in [0.2, 0.25) is 0 Å². The third-order valence-corrected chi connectivity index (χ3v) is 9.54. The Morgan fingerprint density at radius 3 is 2.46 bits per heavy atom. The van der Waals surface area contributed by atoms with Gasteiger partial charge in [0.25, 0.3) is 5.91 Å². The molecule has 35 heavy (non-hydrogen) atoms. The van der Waals surface area contributed by atoms with Crippen LogP contribution in [0.2, 0.25) is 5.02 Å². The van der Waals surface area contributed by atoms with E-state index in [1.165, 1.54) is 19.2 Å². The van der Waals surface area contributed by atoms with E-state index < -0.39 is 44.5 Å². The molecule has 2 bridgehead atoms. The average Bonchev–Trinajstić information content (AvgIpc) is 3.40. The van der Waals surface area contributed by atoms with Gasteiger partial charge in [-0.3, -0.25) is 4.79 Å². The molecule has 0 spiro atoms. The van der Waals surface area contributed by atoms with E-state index in [0.717, 1.165) is 6.07 Å². The van der Waals surface area contributed by atoms with Crippen molar-refractivity contribution in [2.45, 2.75) is 29.4 Å². The van der Waals surface area contributed by atoms with Crippen molar-refractivity contribution in [2.75, 3.05) is 19.0 Å². The summed E-state index contributed by atoms with van der Waals surface area (Å²) in [5, 5.41) is 3.78. The van der Waals surface area contributed by atoms with E-state index >= 15 is 0 Å². The van der Waals surface area contributed by atoms with Crippen LogP contribution in [-0.4, -0.2) is 39.3 Å². The van der Waals surface area contributed by atoms with Gasteiger partial charge in [0.05, 0.1) is 21.8 Å². The number of benzene rings is 2. The van der Waals surface area contributed by atoms with E-state index in [1.807, 2.05) is 0 Å². The minimum absolute atomic E-state index is 0.0649. The second-order valence-electron chi connectivity index (χ2n) is 8.71. The van der Waals surface area contributed by atoms with Gasteiger partial charge in [-0.25, -0.2) is 26.4 Å². The number of fused-ring (bicyclic) bond motifs is 2. The summed E-state index contributed by atoms with van der Waals surface area (Å²) < 4.78 is 72.6. The molecule has 2 N–H and O–H groups in total. The molecule has 2 amide bonds. The Hall–Kier alpha value is -2.79. The summed E-state index contributed by atoms with van der Waals surface area (Å²) in [6.45, 7) is 0.105. The summed E-state index contributed by atoms with van der Waals surface area (Å²) >= 11 is 6.23. The molecule has 2 unspecified atom stereocenters. The number of hydrogen-bond donors (Lipinski definition) is 2. The minimum atomic E-state index is -3.97. The Bertz CT molecular complexity index is 1270. The zero-order valence-electron chi connectivity index (χ0n) is 18.5. The van der Waals surface area contributed by atoms with E-state index in [0.29, 0.717) is 31.4 Å². The van der Waals surface area contributed by atoms with Gasteiger partial charge in [0.15, 0.2) is 27.3 Å². The number of nitrogens with one attached hydrogen (secondary N) is 2. The molecule has 2 aromatic rings. The lowest BCUT2D eigenvalue weighted by Gasteiger charge is -2.22. The molecule has 12 heteroatoms. The number of carbonyl (C=O) groups is 2. The van der Waals surface area contributed by atoms with Crippen LogP contribution in [0.15, 0.2) is 35.2 Å². The third-order valence-electron chi connectivity index (χ3n) is 6.70. The standard InChI is InChI=1S/C23H22ClF3N2O5S/c1-28-23(31)34-10-13-6-11-2-4-15(13)21(11)35(32,33)19-7-12(3-5-16(19)24)22(30)29-14-8-17(25)20(27)18(26)9-14/h3,5,7-9,11,13,15,21H,2,4,6,10H2,1H3,(H,28,31)(H,29,30)/t11?,13-,15?,21-/m1/s1. The van der Waals surface area contributed by atoms with Crippen molar-refractivity contribution in [2.24, 2.45) is 17.8 Å². The van der Waals surface area contributed by atoms with Gasteiger partial charge in [0.1, 0.15) is 0 Å². The number of amides is 2. The fraction of sp³-hybridized carbons (Fsp3) is 0.391. The predicted octanol–water partition coefficient (Wildman–Crippen LogP) is 4.55. The van der Waals surface area contributed by atoms with Gasteiger partial charge >= 0.3 is 6.09 Å². The first kappa shape index (κ1) is 25.3. The second-order valence-corrected chi connectivity index (χ2v) is 11.2. The first-order valence-corrected chi connectivity index (χ1v) is 12.8. The molecule has 2 saturated carbocycles. The largest absolute Gasteiger partial charge is 0.449 e. The summed E-state index contributed by atoms with van der Waals surface area (Å²) in [4.78, 5) is 23.9. The monoisotopic (exact) mass is 530 g/mol. The summed E-state index contributed by atoms with van der Waals surface area (Å²) in [6, 6.07) is 4.88. The van der Waals surface area contributed by atoms with Crippen LogP contribution in [0.4, 0.5) is 23.7 Å². The van der Waals surface area contributed by atoms with E-state index in [2.05, 4.69) is 10.6 Å². The van der Waals surface area contributed by atoms with Crippen LogP contribution in [0.1, 0.15) is 29.6 Å². The van der Waals surface area contributed by atoms with Crippen molar-refractivity contribution in [1.29, 1.82) is 0 Å². The number of halogens is 4. The predicted molar refractivity (Wildman–Crippen MR) is 121 cm³/mol. The molecular weight excluding hydrogens is 509 g/mol. The Morgan fingerprint density at radius 1 is 1.11 bits per heavy atom. The maximum atomic E-state index is 13.6. The molecule has 0 aromatic heterocycles. The molecular formula is C23H22ClF3N2O5S. The van der Waals surface area contributed by atoms with Gasteiger partial charge in [-0.05, 0) is 55.2 Å². The minimum Gasteiger partial charge on any atom is -0.449 e. The van der Waals surface area contributed by atoms with Crippen molar-refractivity contribution in [3.05, 3.63) is 58.4 Å². The highest BCUT2D eigenvalue weighted by Crippen LogP contribution is 2.53. The smallest absolute Gasteiger partial charge is 0.406 e. The molecule has 0 heterocycles. The number of rotatable bonds is 6. The highest BCUT2D eigenvalue weighted by Gasteiger charge is 2.54. The first-order chi connectivity index (χ1) is 16.5. The number of hydrogen-bond acceptors (Lipinski definition) is 5. The van der Waals surface area contributed by atoms with Gasteiger partial charge in [-0.15, -0.1) is 0 Å². The van der Waals surface area contributed by atoms with Crippen LogP contribution in [0.3, 0.4) is 0 Å². The lowest BCUT2D eigenvalue weighted by atomic mass is 9.90. The molecule has 4 atom stereocenters. The quantitative estimate of drug-likeness (QED) is 0.533. The number of anilines is 1. The van der Waals surface area contributed by atoms with Crippen molar-refractivity contribution in [3.8, 4) is 0 Å². The summed E-state index contributed by atoms with van der Waals surface area (Å²) in [5.41, 5.74) is -0.443. The maximum absolute atomic E-state index is 13.6. The molecule has 188 valence electrons. The van der Waals surface area contributed by atoms with E-state index in [-0.39, 0.29) is 45.5 Å². The Labute approximate surface area is 204 Å². The fourth-order valence-corrected chi connectivity index (χ4v) is 8.11. The van der Waals surface area contributed by atoms with Crippen molar-refractivity contribution in [3.63, 3.8) is 0 Å². The van der Waals surface area contributed by atoms with Crippen LogP contribution in [0.5, 0.6) is 0 Å². The lowest BCUT2D eigenvalue weighted by Crippen LogP contribution is -2.30. The molecule has 0 aliphatic heterocycles. The molecule has 0 radical (unpaired) electrons. The summed E-state index contributed by atoms with van der Waals surface area (Å²) in [5.74, 6) is -5.96. The van der Waals surface area contributed by atoms with E-state index in [1.54, 1.807) is 0 Å². The van der Waals surface area contributed by atoms with Crippen molar-refractivity contribution < 1.29 is 35.9 Å². The van der Waals surface area contributed by atoms with Crippen LogP contribution >= 0.6 is 11.6 Å². The molecule has 2 aromatic carbocycles. The third kappa shape index (κ3) is 4.84. The Morgan fingerprint density at radius 2 is 1.80 bits per heavy atom. The van der Waals surface area contributed by atoms with Gasteiger partial charge < -0.3 is 15.4 Å². The number of sulfone groups is 1. The van der Waals surface area contributed by atoms with Gasteiger partial charge in [-0.2, -0.15) is 0 Å². The topological polar surface area (TPSA) is 102 Å². The van der Waals surface area contributed by atoms with E-state index in [9.17, 15) is 31.2 Å². The molecule has 2 fully saturated rings. The summed E-state index contributed by atoms with van der Waals surface area (Å²) in [6.07, 6.45) is 1.38. The highest BCUT2D eigenvalue weighted by atomic mass is 35.5. The Kier molecular flexibility index (Phi) is 7.01. The van der Waals surface area contributed by atoms with Crippen molar-refractivity contribution >= 4 is 39.1 Å². The number of carbonyl (C=O) groups excluding carboxylic acids is 2. The molecule has 4 rings (SSSR count). The van der Waals surface area contributed by atoms with Crippen molar-refractivity contribution in [1.82, 2.24) is 5.32 Å². The van der Waals surface area contributed by atoms with Gasteiger partial charge in [-0.1, -0.05) is 11.6 Å². The normalized spacial score (nSPS) is 23.2. The number of ether oxygens (including phenoxy) is 1. The maximum Gasteiger partial charge on any atom is 0.406 e. The van der Waals surface area contributed by atoms with E-state index in [4.69, 9.17) is 16.3 Å². The van der Waals surface area contributed by atoms with Crippen LogP contribution in [-0.2, 0) is 14.6 Å². The molecule has 0 saturated heterocycles. The molecule has 2 aliphatic rings. The van der Waals surface area contributed by atoms with Gasteiger partial charge in [0, 0.05) is 30.4 Å². The zero-order valence-corrected chi connectivity index (χ0v) is 20.1. The molecule has 2 aliphatic carbocycles. The average molecular weight is 531 g/mol. The highest BCUT2D eigenvalue weighted by molar-refractivity contribution is 7.92. The number of alkyl carbamates (subject to hydrolysis) is 1. The fourth-order valence-electron chi connectivity index (χ4n) is 5.17. The van der Waals surface area contributed by atoms with Crippen LogP contribution < -0.4 is 10.6 Å². The lowest BCUT2D eigenvalue weighted by molar-refractivity contribution is 0.102. The Balaban J connectivity index is 1.57. The second kappa shape index (κ2) is 9.69. The SMILES string of the molecule is CNC(=O)OC[C@H]1CC2CCC1[C@@H]2S(=O)(=O)c1cc(C(=O)Nc2cc(F)c(F)c(F)c2)ccc1Cl. The van der Waals surface area contributed by atoms with Crippen LogP contribution in [0, 0.1) is 35.2 Å². The van der Waals surface area contributed by atoms with Crippen LogP contribution in [0.25, 0.3) is 0 Å². The first-order valence-electron chi connectivity index (χ1n) is 10.9. The molecule has 7 nitrogen and oxygen atoms in total. The zero-order chi connectivity index (χ0) is 25.5. The summed E-state index contributed by atoms with van der Waals surface area (Å²) in [7, 11) is -2.53.